The van der Waals surface area contributed by atoms with E-state index in [-0.39, 0.29) is 35.3 Å². The molecule has 18 heavy (non-hydrogen) atoms. The SMILES string of the molecule is CCS(=O)(=O)NCCCN=C(N)NC(C)(C)C.I. The summed E-state index contributed by atoms with van der Waals surface area (Å²) in [6.45, 7) is 8.47. The zero-order chi connectivity index (χ0) is 13.5. The second-order valence-corrected chi connectivity index (χ2v) is 6.89. The second-order valence-electron chi connectivity index (χ2n) is 4.79. The third kappa shape index (κ3) is 12.4. The minimum absolute atomic E-state index is 0. The van der Waals surface area contributed by atoms with Crippen LogP contribution in [-0.2, 0) is 10.0 Å². The number of hydrogen-bond donors (Lipinski definition) is 3. The van der Waals surface area contributed by atoms with Gasteiger partial charge in [-0.15, -0.1) is 24.0 Å². The lowest BCUT2D eigenvalue weighted by molar-refractivity contribution is 0.508. The number of hydrogen-bond acceptors (Lipinski definition) is 3. The molecule has 0 aromatic carbocycles. The maximum atomic E-state index is 11.1. The summed E-state index contributed by atoms with van der Waals surface area (Å²) in [6.07, 6.45) is 0.631. The highest BCUT2D eigenvalue weighted by molar-refractivity contribution is 14.0. The van der Waals surface area contributed by atoms with Gasteiger partial charge in [0, 0.05) is 18.6 Å². The van der Waals surface area contributed by atoms with Crippen LogP contribution >= 0.6 is 24.0 Å². The van der Waals surface area contributed by atoms with Crippen molar-refractivity contribution in [2.75, 3.05) is 18.8 Å². The molecule has 0 heterocycles. The Bertz CT molecular complexity index is 349. The highest BCUT2D eigenvalue weighted by Gasteiger charge is 2.09. The molecule has 4 N–H and O–H groups in total. The molecule has 0 aliphatic heterocycles. The summed E-state index contributed by atoms with van der Waals surface area (Å²) in [5, 5.41) is 3.03. The molecule has 0 fully saturated rings. The van der Waals surface area contributed by atoms with Crippen LogP contribution in [0.1, 0.15) is 34.1 Å². The molecule has 0 amide bonds. The van der Waals surface area contributed by atoms with Gasteiger partial charge in [-0.2, -0.15) is 0 Å². The first-order chi connectivity index (χ1) is 7.66. The van der Waals surface area contributed by atoms with Gasteiger partial charge in [0.2, 0.25) is 10.0 Å². The highest BCUT2D eigenvalue weighted by Crippen LogP contribution is 1.97. The van der Waals surface area contributed by atoms with Gasteiger partial charge in [0.25, 0.3) is 0 Å². The van der Waals surface area contributed by atoms with Crippen LogP contribution in [-0.4, -0.2) is 38.8 Å². The van der Waals surface area contributed by atoms with E-state index < -0.39 is 10.0 Å². The van der Waals surface area contributed by atoms with Gasteiger partial charge in [0.05, 0.1) is 5.75 Å². The number of nitrogens with zero attached hydrogens (tertiary/aromatic N) is 1. The van der Waals surface area contributed by atoms with E-state index in [1.807, 2.05) is 20.8 Å². The number of aliphatic imine (C=N–C) groups is 1. The Morgan fingerprint density at radius 2 is 1.89 bits per heavy atom. The Balaban J connectivity index is 0. The quantitative estimate of drug-likeness (QED) is 0.268. The van der Waals surface area contributed by atoms with Crippen LogP contribution in [0, 0.1) is 0 Å². The summed E-state index contributed by atoms with van der Waals surface area (Å²) in [6, 6.07) is 0. The van der Waals surface area contributed by atoms with Crippen molar-refractivity contribution in [3.8, 4) is 0 Å². The predicted molar refractivity (Wildman–Crippen MR) is 86.9 cm³/mol. The van der Waals surface area contributed by atoms with E-state index in [9.17, 15) is 8.42 Å². The van der Waals surface area contributed by atoms with Crippen molar-refractivity contribution in [2.45, 2.75) is 39.7 Å². The van der Waals surface area contributed by atoms with Gasteiger partial charge in [-0.05, 0) is 34.1 Å². The van der Waals surface area contributed by atoms with Gasteiger partial charge in [-0.25, -0.2) is 13.1 Å². The number of rotatable bonds is 6. The van der Waals surface area contributed by atoms with E-state index in [1.165, 1.54) is 0 Å². The Morgan fingerprint density at radius 1 is 1.33 bits per heavy atom. The fourth-order valence-corrected chi connectivity index (χ4v) is 1.69. The molecule has 0 aromatic rings. The van der Waals surface area contributed by atoms with Gasteiger partial charge in [0.15, 0.2) is 5.96 Å². The van der Waals surface area contributed by atoms with Gasteiger partial charge < -0.3 is 11.1 Å². The minimum atomic E-state index is -3.09. The number of sulfonamides is 1. The lowest BCUT2D eigenvalue weighted by Crippen LogP contribution is -2.45. The van der Waals surface area contributed by atoms with Crippen LogP contribution in [0.4, 0.5) is 0 Å². The van der Waals surface area contributed by atoms with E-state index in [1.54, 1.807) is 6.92 Å². The molecule has 0 spiro atoms. The van der Waals surface area contributed by atoms with Crippen molar-refractivity contribution < 1.29 is 8.42 Å². The Labute approximate surface area is 127 Å². The van der Waals surface area contributed by atoms with Crippen molar-refractivity contribution >= 4 is 40.0 Å². The van der Waals surface area contributed by atoms with Crippen LogP contribution < -0.4 is 15.8 Å². The van der Waals surface area contributed by atoms with Crippen LogP contribution in [0.3, 0.4) is 0 Å². The molecule has 0 aliphatic carbocycles. The van der Waals surface area contributed by atoms with Crippen molar-refractivity contribution in [1.29, 1.82) is 0 Å². The van der Waals surface area contributed by atoms with Crippen LogP contribution in [0.5, 0.6) is 0 Å². The monoisotopic (exact) mass is 392 g/mol. The maximum absolute atomic E-state index is 11.1. The number of guanidine groups is 1. The van der Waals surface area contributed by atoms with Gasteiger partial charge in [-0.3, -0.25) is 4.99 Å². The molecule has 6 nitrogen and oxygen atoms in total. The zero-order valence-electron chi connectivity index (χ0n) is 11.5. The largest absolute Gasteiger partial charge is 0.370 e. The van der Waals surface area contributed by atoms with E-state index in [4.69, 9.17) is 5.73 Å². The first-order valence-electron chi connectivity index (χ1n) is 5.72. The number of nitrogens with two attached hydrogens (primary N) is 1. The Morgan fingerprint density at radius 3 is 2.33 bits per heavy atom. The van der Waals surface area contributed by atoms with Crippen molar-refractivity contribution in [3.05, 3.63) is 0 Å². The van der Waals surface area contributed by atoms with E-state index in [0.717, 1.165) is 0 Å². The molecule has 0 saturated heterocycles. The van der Waals surface area contributed by atoms with Gasteiger partial charge in [-0.1, -0.05) is 0 Å². The first kappa shape index (κ1) is 20.2. The summed E-state index contributed by atoms with van der Waals surface area (Å²) in [5.74, 6) is 0.486. The average Bonchev–Trinajstić information content (AvgIpc) is 2.14. The summed E-state index contributed by atoms with van der Waals surface area (Å²) in [5.41, 5.74) is 5.54. The van der Waals surface area contributed by atoms with E-state index in [2.05, 4.69) is 15.0 Å². The average molecular weight is 392 g/mol. The number of halogens is 1. The lowest BCUT2D eigenvalue weighted by atomic mass is 10.1. The number of nitrogens with one attached hydrogen (secondary N) is 2. The normalized spacial score (nSPS) is 13.0. The van der Waals surface area contributed by atoms with E-state index in [0.29, 0.717) is 25.5 Å². The molecule has 0 rings (SSSR count). The third-order valence-corrected chi connectivity index (χ3v) is 3.23. The molecule has 0 radical (unpaired) electrons. The first-order valence-corrected chi connectivity index (χ1v) is 7.37. The molecule has 0 atom stereocenters. The summed E-state index contributed by atoms with van der Waals surface area (Å²) in [7, 11) is -3.09. The summed E-state index contributed by atoms with van der Waals surface area (Å²) < 4.78 is 24.7. The molecule has 0 saturated carbocycles. The Kier molecular flexibility index (Phi) is 10.0. The summed E-state index contributed by atoms with van der Waals surface area (Å²) in [4.78, 5) is 4.10. The fraction of sp³-hybridized carbons (Fsp3) is 0.900. The highest BCUT2D eigenvalue weighted by atomic mass is 127. The fourth-order valence-electron chi connectivity index (χ4n) is 1.03. The Hall–Kier alpha value is -0.0900. The molecular formula is C10H25IN4O2S. The second kappa shape index (κ2) is 8.92. The predicted octanol–water partition coefficient (Wildman–Crippen LogP) is 0.637. The van der Waals surface area contributed by atoms with Crippen LogP contribution in [0.15, 0.2) is 4.99 Å². The van der Waals surface area contributed by atoms with Crippen LogP contribution in [0.2, 0.25) is 0 Å². The lowest BCUT2D eigenvalue weighted by Gasteiger charge is -2.20. The topological polar surface area (TPSA) is 96.6 Å². The molecule has 0 bridgehead atoms. The molecule has 0 aliphatic rings. The molecule has 0 unspecified atom stereocenters. The smallest absolute Gasteiger partial charge is 0.211 e. The summed E-state index contributed by atoms with van der Waals surface area (Å²) >= 11 is 0. The van der Waals surface area contributed by atoms with Gasteiger partial charge >= 0.3 is 0 Å². The molecule has 8 heteroatoms. The van der Waals surface area contributed by atoms with Crippen molar-refractivity contribution in [3.63, 3.8) is 0 Å². The minimum Gasteiger partial charge on any atom is -0.370 e. The van der Waals surface area contributed by atoms with Crippen molar-refractivity contribution in [2.24, 2.45) is 10.7 Å². The van der Waals surface area contributed by atoms with Crippen molar-refractivity contribution in [1.82, 2.24) is 10.0 Å². The maximum Gasteiger partial charge on any atom is 0.211 e. The third-order valence-electron chi connectivity index (χ3n) is 1.82. The molecular weight excluding hydrogens is 367 g/mol. The molecule has 110 valence electrons. The van der Waals surface area contributed by atoms with E-state index >= 15 is 0 Å². The van der Waals surface area contributed by atoms with Crippen LogP contribution in [0.25, 0.3) is 0 Å². The van der Waals surface area contributed by atoms with Gasteiger partial charge in [0.1, 0.15) is 0 Å². The standard InChI is InChI=1S/C10H24N4O2S.HI/c1-5-17(15,16)13-8-6-7-12-9(11)14-10(2,3)4;/h13H,5-8H2,1-4H3,(H3,11,12,14);1H. The molecule has 0 aromatic heterocycles. The zero-order valence-corrected chi connectivity index (χ0v) is 14.6.